The van der Waals surface area contributed by atoms with E-state index in [1.54, 1.807) is 30.6 Å². The highest BCUT2D eigenvalue weighted by atomic mass is 79.9. The first-order chi connectivity index (χ1) is 8.16. The summed E-state index contributed by atoms with van der Waals surface area (Å²) in [4.78, 5) is 8.25. The van der Waals surface area contributed by atoms with E-state index in [-0.39, 0.29) is 5.75 Å². The molecule has 1 aromatic heterocycles. The first-order valence-corrected chi connectivity index (χ1v) is 6.38. The number of aliphatic imine (C=N–C) groups is 1. The quantitative estimate of drug-likeness (QED) is 0.825. The number of pyridine rings is 1. The van der Waals surface area contributed by atoms with Crippen molar-refractivity contribution in [2.24, 2.45) is 4.99 Å². The molecule has 2 aromatic rings. The second kappa shape index (κ2) is 5.42. The third-order valence-electron chi connectivity index (χ3n) is 2.04. The topological polar surface area (TPSA) is 45.5 Å². The Kier molecular flexibility index (Phi) is 3.91. The number of hydrogen-bond donors (Lipinski definition) is 1. The molecule has 0 saturated heterocycles. The summed E-state index contributed by atoms with van der Waals surface area (Å²) in [6.07, 6.45) is 3.25. The molecule has 3 nitrogen and oxygen atoms in total. The molecule has 1 N–H and O–H groups in total. The molecule has 0 saturated carbocycles. The summed E-state index contributed by atoms with van der Waals surface area (Å²) in [5.74, 6) is 0.760. The second-order valence-corrected chi connectivity index (χ2v) is 5.04. The van der Waals surface area contributed by atoms with E-state index in [1.165, 1.54) is 0 Å². The van der Waals surface area contributed by atoms with Crippen molar-refractivity contribution in [3.05, 3.63) is 51.0 Å². The maximum atomic E-state index is 9.82. The molecule has 0 aliphatic rings. The van der Waals surface area contributed by atoms with E-state index in [4.69, 9.17) is 0 Å². The van der Waals surface area contributed by atoms with Crippen molar-refractivity contribution >= 4 is 43.9 Å². The summed E-state index contributed by atoms with van der Waals surface area (Å²) in [7, 11) is 0. The number of benzene rings is 1. The van der Waals surface area contributed by atoms with Crippen LogP contribution in [-0.4, -0.2) is 16.3 Å². The Hall–Kier alpha value is -1.20. The highest BCUT2D eigenvalue weighted by molar-refractivity contribution is 9.11. The van der Waals surface area contributed by atoms with E-state index < -0.39 is 0 Å². The van der Waals surface area contributed by atoms with E-state index in [1.807, 2.05) is 12.1 Å². The Bertz CT molecular complexity index is 556. The monoisotopic (exact) mass is 354 g/mol. The minimum Gasteiger partial charge on any atom is -0.506 e. The molecule has 0 spiro atoms. The first-order valence-electron chi connectivity index (χ1n) is 4.80. The average molecular weight is 356 g/mol. The van der Waals surface area contributed by atoms with E-state index in [9.17, 15) is 5.11 Å². The van der Waals surface area contributed by atoms with Gasteiger partial charge >= 0.3 is 0 Å². The van der Waals surface area contributed by atoms with E-state index in [2.05, 4.69) is 41.8 Å². The largest absolute Gasteiger partial charge is 0.506 e. The molecule has 1 heterocycles. The van der Waals surface area contributed by atoms with Crippen LogP contribution in [0.2, 0.25) is 0 Å². The zero-order chi connectivity index (χ0) is 12.3. The van der Waals surface area contributed by atoms with Gasteiger partial charge in [0.15, 0.2) is 5.82 Å². The first kappa shape index (κ1) is 12.3. The standard InChI is InChI=1S/C12H8Br2N2O/c13-9-5-8(12(17)10(14)6-9)7-16-11-3-1-2-4-15-11/h1-7,17H/b16-7+. The summed E-state index contributed by atoms with van der Waals surface area (Å²) in [5, 5.41) is 9.82. The molecule has 2 rings (SSSR count). The molecule has 17 heavy (non-hydrogen) atoms. The lowest BCUT2D eigenvalue weighted by Gasteiger charge is -2.02. The molecule has 0 aliphatic carbocycles. The zero-order valence-electron chi connectivity index (χ0n) is 8.64. The fourth-order valence-corrected chi connectivity index (χ4v) is 2.51. The lowest BCUT2D eigenvalue weighted by molar-refractivity contribution is 0.471. The van der Waals surface area contributed by atoms with Crippen molar-refractivity contribution in [2.45, 2.75) is 0 Å². The molecule has 5 heteroatoms. The number of aromatic hydroxyl groups is 1. The summed E-state index contributed by atoms with van der Waals surface area (Å²) < 4.78 is 1.49. The van der Waals surface area contributed by atoms with Crippen LogP contribution in [0.25, 0.3) is 0 Å². The Balaban J connectivity index is 2.33. The summed E-state index contributed by atoms with van der Waals surface area (Å²) in [5.41, 5.74) is 0.622. The van der Waals surface area contributed by atoms with Crippen LogP contribution in [-0.2, 0) is 0 Å². The van der Waals surface area contributed by atoms with Gasteiger partial charge in [0.05, 0.1) is 4.47 Å². The van der Waals surface area contributed by atoms with Crippen LogP contribution in [0.4, 0.5) is 5.82 Å². The van der Waals surface area contributed by atoms with Gasteiger partial charge in [-0.3, -0.25) is 0 Å². The number of aromatic nitrogens is 1. The number of nitrogens with zero attached hydrogens (tertiary/aromatic N) is 2. The highest BCUT2D eigenvalue weighted by Gasteiger charge is 2.05. The van der Waals surface area contributed by atoms with Gasteiger partial charge in [0, 0.05) is 22.4 Å². The predicted molar refractivity (Wildman–Crippen MR) is 75.0 cm³/mol. The Morgan fingerprint density at radius 3 is 2.76 bits per heavy atom. The lowest BCUT2D eigenvalue weighted by Crippen LogP contribution is -1.84. The van der Waals surface area contributed by atoms with Crippen LogP contribution >= 0.6 is 31.9 Å². The Labute approximate surface area is 115 Å². The molecule has 0 unspecified atom stereocenters. The molecule has 1 aromatic carbocycles. The number of phenols is 1. The van der Waals surface area contributed by atoms with Crippen LogP contribution in [0.3, 0.4) is 0 Å². The third-order valence-corrected chi connectivity index (χ3v) is 3.11. The third kappa shape index (κ3) is 3.14. The molecule has 0 amide bonds. The second-order valence-electron chi connectivity index (χ2n) is 3.27. The van der Waals surface area contributed by atoms with Crippen LogP contribution in [0.5, 0.6) is 5.75 Å². The molecule has 0 bridgehead atoms. The van der Waals surface area contributed by atoms with Gasteiger partial charge in [-0.05, 0) is 40.2 Å². The summed E-state index contributed by atoms with van der Waals surface area (Å²) in [6.45, 7) is 0. The van der Waals surface area contributed by atoms with E-state index in [0.717, 1.165) is 4.47 Å². The number of hydrogen-bond acceptors (Lipinski definition) is 3. The number of halogens is 2. The van der Waals surface area contributed by atoms with Crippen LogP contribution in [0.1, 0.15) is 5.56 Å². The van der Waals surface area contributed by atoms with Gasteiger partial charge in [-0.15, -0.1) is 0 Å². The average Bonchev–Trinajstić information content (AvgIpc) is 2.33. The van der Waals surface area contributed by atoms with Crippen LogP contribution in [0, 0.1) is 0 Å². The van der Waals surface area contributed by atoms with Gasteiger partial charge in [0.2, 0.25) is 0 Å². The molecule has 0 fully saturated rings. The SMILES string of the molecule is Oc1c(Br)cc(Br)cc1/C=N/c1ccccn1. The summed E-state index contributed by atoms with van der Waals surface area (Å²) >= 11 is 6.62. The predicted octanol–water partition coefficient (Wildman–Crippen LogP) is 4.06. The fraction of sp³-hybridized carbons (Fsp3) is 0. The van der Waals surface area contributed by atoms with Crippen molar-refractivity contribution < 1.29 is 5.11 Å². The number of rotatable bonds is 2. The smallest absolute Gasteiger partial charge is 0.151 e. The minimum atomic E-state index is 0.160. The Morgan fingerprint density at radius 2 is 2.06 bits per heavy atom. The Morgan fingerprint density at radius 1 is 1.24 bits per heavy atom. The van der Waals surface area contributed by atoms with Crippen molar-refractivity contribution in [3.8, 4) is 5.75 Å². The molecular formula is C12H8Br2N2O. The van der Waals surface area contributed by atoms with Crippen LogP contribution < -0.4 is 0 Å². The molecular weight excluding hydrogens is 348 g/mol. The van der Waals surface area contributed by atoms with Crippen LogP contribution in [0.15, 0.2) is 50.5 Å². The molecule has 0 aliphatic heterocycles. The minimum absolute atomic E-state index is 0.160. The summed E-state index contributed by atoms with van der Waals surface area (Å²) in [6, 6.07) is 9.03. The van der Waals surface area contributed by atoms with Crippen molar-refractivity contribution in [2.75, 3.05) is 0 Å². The van der Waals surface area contributed by atoms with E-state index in [0.29, 0.717) is 15.9 Å². The number of phenolic OH excluding ortho intramolecular Hbond substituents is 1. The molecule has 0 atom stereocenters. The van der Waals surface area contributed by atoms with Crippen molar-refractivity contribution in [1.29, 1.82) is 0 Å². The van der Waals surface area contributed by atoms with Gasteiger partial charge < -0.3 is 5.11 Å². The maximum Gasteiger partial charge on any atom is 0.151 e. The zero-order valence-corrected chi connectivity index (χ0v) is 11.8. The van der Waals surface area contributed by atoms with E-state index >= 15 is 0 Å². The van der Waals surface area contributed by atoms with Crippen molar-refractivity contribution in [1.82, 2.24) is 4.98 Å². The van der Waals surface area contributed by atoms with Crippen molar-refractivity contribution in [3.63, 3.8) is 0 Å². The van der Waals surface area contributed by atoms with Gasteiger partial charge in [0.25, 0.3) is 0 Å². The van der Waals surface area contributed by atoms with Gasteiger partial charge in [0.1, 0.15) is 5.75 Å². The maximum absolute atomic E-state index is 9.82. The molecule has 86 valence electrons. The van der Waals surface area contributed by atoms with Gasteiger partial charge in [-0.25, -0.2) is 9.98 Å². The van der Waals surface area contributed by atoms with Gasteiger partial charge in [-0.1, -0.05) is 22.0 Å². The highest BCUT2D eigenvalue weighted by Crippen LogP contribution is 2.30. The molecule has 0 radical (unpaired) electrons. The normalized spacial score (nSPS) is 10.9. The lowest BCUT2D eigenvalue weighted by atomic mass is 10.2. The van der Waals surface area contributed by atoms with Gasteiger partial charge in [-0.2, -0.15) is 0 Å². The fourth-order valence-electron chi connectivity index (χ4n) is 1.25.